The third-order valence-electron chi connectivity index (χ3n) is 4.43. The number of hydrogen-bond acceptors (Lipinski definition) is 7. The second-order valence-corrected chi connectivity index (χ2v) is 7.20. The van der Waals surface area contributed by atoms with Crippen LogP contribution in [0.15, 0.2) is 34.4 Å². The molecule has 2 atom stereocenters. The van der Waals surface area contributed by atoms with Crippen molar-refractivity contribution in [2.45, 2.75) is 25.4 Å². The smallest absolute Gasteiger partial charge is 0.275 e. The van der Waals surface area contributed by atoms with Gasteiger partial charge in [0.1, 0.15) is 17.4 Å². The van der Waals surface area contributed by atoms with Crippen LogP contribution in [0.3, 0.4) is 0 Å². The number of halogens is 1. The molecular formula is C17H13FN6O2S. The van der Waals surface area contributed by atoms with Gasteiger partial charge in [0.05, 0.1) is 12.1 Å². The number of anilines is 1. The van der Waals surface area contributed by atoms with Crippen LogP contribution in [0.25, 0.3) is 16.3 Å². The number of hydrogen-bond donors (Lipinski definition) is 1. The van der Waals surface area contributed by atoms with Gasteiger partial charge in [0.15, 0.2) is 0 Å². The molecule has 8 nitrogen and oxygen atoms in total. The molecule has 1 fully saturated rings. The molecule has 4 aromatic rings. The highest BCUT2D eigenvalue weighted by Crippen LogP contribution is 2.43. The highest BCUT2D eigenvalue weighted by Gasteiger charge is 2.43. The summed E-state index contributed by atoms with van der Waals surface area (Å²) in [5.74, 6) is 0.0554. The van der Waals surface area contributed by atoms with Gasteiger partial charge in [-0.3, -0.25) is 4.79 Å². The first-order valence-electron chi connectivity index (χ1n) is 8.27. The van der Waals surface area contributed by atoms with E-state index in [9.17, 15) is 9.18 Å². The Morgan fingerprint density at radius 1 is 1.41 bits per heavy atom. The van der Waals surface area contributed by atoms with E-state index >= 15 is 0 Å². The van der Waals surface area contributed by atoms with E-state index in [0.717, 1.165) is 5.56 Å². The summed E-state index contributed by atoms with van der Waals surface area (Å²) in [6, 6.07) is 5.44. The van der Waals surface area contributed by atoms with Gasteiger partial charge in [-0.05, 0) is 25.0 Å². The number of fused-ring (bicyclic) bond motifs is 1. The molecule has 0 aliphatic heterocycles. The van der Waals surface area contributed by atoms with Crippen molar-refractivity contribution in [3.63, 3.8) is 0 Å². The zero-order valence-corrected chi connectivity index (χ0v) is 14.9. The largest absolute Gasteiger partial charge is 0.339 e. The molecule has 0 bridgehead atoms. The molecule has 1 aliphatic carbocycles. The molecular weight excluding hydrogens is 371 g/mol. The number of rotatable bonds is 4. The summed E-state index contributed by atoms with van der Waals surface area (Å²) in [5, 5.41) is 10.8. The number of benzene rings is 1. The third-order valence-corrected chi connectivity index (χ3v) is 5.12. The number of carbonyl (C=O) groups excluding carboxylic acids is 1. The van der Waals surface area contributed by atoms with Crippen molar-refractivity contribution in [2.75, 3.05) is 5.32 Å². The van der Waals surface area contributed by atoms with Crippen LogP contribution in [0.2, 0.25) is 0 Å². The molecule has 1 aromatic carbocycles. The minimum atomic E-state index is -0.898. The van der Waals surface area contributed by atoms with E-state index in [1.807, 2.05) is 19.1 Å². The van der Waals surface area contributed by atoms with E-state index in [1.54, 1.807) is 22.3 Å². The first kappa shape index (κ1) is 16.1. The Kier molecular flexibility index (Phi) is 3.54. The van der Waals surface area contributed by atoms with Crippen LogP contribution in [-0.4, -0.2) is 36.8 Å². The van der Waals surface area contributed by atoms with E-state index in [2.05, 4.69) is 25.5 Å². The molecule has 1 saturated carbocycles. The standard InChI is InChI=1S/C17H13FN6O2S/c1-8-2-3-9(14-22-16(26-23-14)10-5-11(10)18)4-12(8)20-15(25)13-6-24-17(21-13)27-7-19-24/h2-4,6-7,10-11H,5H2,1H3,(H,20,25)/t10-,11-/m0/s1. The summed E-state index contributed by atoms with van der Waals surface area (Å²) in [4.78, 5) is 21.7. The number of aromatic nitrogens is 5. The SMILES string of the molecule is Cc1ccc(-c2noc([C@H]3C[C@@H]3F)n2)cc1NC(=O)c1cn2ncsc2n1. The fourth-order valence-corrected chi connectivity index (χ4v) is 3.35. The van der Waals surface area contributed by atoms with Gasteiger partial charge in [0.25, 0.3) is 5.91 Å². The highest BCUT2D eigenvalue weighted by atomic mass is 32.1. The molecule has 1 N–H and O–H groups in total. The molecule has 27 heavy (non-hydrogen) atoms. The van der Waals surface area contributed by atoms with Crippen molar-refractivity contribution in [3.05, 3.63) is 47.1 Å². The summed E-state index contributed by atoms with van der Waals surface area (Å²) in [7, 11) is 0. The van der Waals surface area contributed by atoms with Gasteiger partial charge in [-0.25, -0.2) is 13.9 Å². The average Bonchev–Trinajstić information content (AvgIpc) is 3.06. The second kappa shape index (κ2) is 5.95. The van der Waals surface area contributed by atoms with Gasteiger partial charge < -0.3 is 9.84 Å². The molecule has 0 radical (unpaired) electrons. The van der Waals surface area contributed by atoms with Gasteiger partial charge in [-0.1, -0.05) is 28.6 Å². The Hall–Kier alpha value is -3.14. The summed E-state index contributed by atoms with van der Waals surface area (Å²) in [6.07, 6.45) is 1.10. The highest BCUT2D eigenvalue weighted by molar-refractivity contribution is 7.14. The maximum absolute atomic E-state index is 13.2. The van der Waals surface area contributed by atoms with Gasteiger partial charge in [0.2, 0.25) is 16.7 Å². The number of aryl methyl sites for hydroxylation is 1. The summed E-state index contributed by atoms with van der Waals surface area (Å²) in [5.41, 5.74) is 4.10. The number of nitrogens with zero attached hydrogens (tertiary/aromatic N) is 5. The van der Waals surface area contributed by atoms with E-state index in [0.29, 0.717) is 34.3 Å². The molecule has 1 aliphatic rings. The molecule has 0 spiro atoms. The lowest BCUT2D eigenvalue weighted by Gasteiger charge is -2.08. The summed E-state index contributed by atoms with van der Waals surface area (Å²) in [6.45, 7) is 1.88. The zero-order valence-electron chi connectivity index (χ0n) is 14.1. The van der Waals surface area contributed by atoms with Crippen LogP contribution in [-0.2, 0) is 0 Å². The van der Waals surface area contributed by atoms with Crippen LogP contribution in [0, 0.1) is 6.92 Å². The summed E-state index contributed by atoms with van der Waals surface area (Å²) >= 11 is 1.35. The van der Waals surface area contributed by atoms with E-state index in [4.69, 9.17) is 4.52 Å². The predicted octanol–water partition coefficient (Wildman–Crippen LogP) is 3.23. The maximum Gasteiger partial charge on any atom is 0.275 e. The molecule has 1 amide bonds. The number of amides is 1. The molecule has 0 saturated heterocycles. The lowest BCUT2D eigenvalue weighted by atomic mass is 10.1. The normalized spacial score (nSPS) is 18.7. The van der Waals surface area contributed by atoms with Crippen molar-refractivity contribution < 1.29 is 13.7 Å². The van der Waals surface area contributed by atoms with Crippen LogP contribution < -0.4 is 5.32 Å². The Morgan fingerprint density at radius 3 is 3.04 bits per heavy atom. The van der Waals surface area contributed by atoms with Crippen molar-refractivity contribution in [3.8, 4) is 11.4 Å². The number of carbonyl (C=O) groups is 1. The Morgan fingerprint density at radius 2 is 2.26 bits per heavy atom. The van der Waals surface area contributed by atoms with E-state index in [1.165, 1.54) is 11.3 Å². The van der Waals surface area contributed by atoms with E-state index in [-0.39, 0.29) is 17.5 Å². The third kappa shape index (κ3) is 2.87. The van der Waals surface area contributed by atoms with E-state index < -0.39 is 6.17 Å². The first-order chi connectivity index (χ1) is 13.1. The zero-order chi connectivity index (χ0) is 18.5. The van der Waals surface area contributed by atoms with Gasteiger partial charge in [-0.2, -0.15) is 10.1 Å². The minimum Gasteiger partial charge on any atom is -0.339 e. The van der Waals surface area contributed by atoms with Crippen LogP contribution in [0.1, 0.15) is 34.3 Å². The first-order valence-corrected chi connectivity index (χ1v) is 9.15. The molecule has 136 valence electrons. The fourth-order valence-electron chi connectivity index (χ4n) is 2.75. The lowest BCUT2D eigenvalue weighted by molar-refractivity contribution is 0.102. The number of alkyl halides is 1. The molecule has 3 aromatic heterocycles. The molecule has 10 heteroatoms. The van der Waals surface area contributed by atoms with Crippen LogP contribution >= 0.6 is 11.3 Å². The van der Waals surface area contributed by atoms with Crippen molar-refractivity contribution in [2.24, 2.45) is 0 Å². The maximum atomic E-state index is 13.2. The van der Waals surface area contributed by atoms with Gasteiger partial charge >= 0.3 is 0 Å². The quantitative estimate of drug-likeness (QED) is 0.580. The monoisotopic (exact) mass is 384 g/mol. The molecule has 5 rings (SSSR count). The Balaban J connectivity index is 1.40. The Labute approximate surface area is 156 Å². The van der Waals surface area contributed by atoms with Gasteiger partial charge in [-0.15, -0.1) is 0 Å². The predicted molar refractivity (Wildman–Crippen MR) is 95.5 cm³/mol. The van der Waals surface area contributed by atoms with Gasteiger partial charge in [0, 0.05) is 11.3 Å². The Bertz CT molecular complexity index is 1140. The summed E-state index contributed by atoms with van der Waals surface area (Å²) < 4.78 is 19.9. The second-order valence-electron chi connectivity index (χ2n) is 6.39. The van der Waals surface area contributed by atoms with Crippen LogP contribution in [0.4, 0.5) is 10.1 Å². The van der Waals surface area contributed by atoms with Crippen molar-refractivity contribution in [1.82, 2.24) is 24.7 Å². The topological polar surface area (TPSA) is 98.2 Å². The van der Waals surface area contributed by atoms with Crippen LogP contribution in [0.5, 0.6) is 0 Å². The van der Waals surface area contributed by atoms with Crippen molar-refractivity contribution in [1.29, 1.82) is 0 Å². The minimum absolute atomic E-state index is 0.281. The molecule has 0 unspecified atom stereocenters. The average molecular weight is 384 g/mol. The van der Waals surface area contributed by atoms with Crippen molar-refractivity contribution >= 4 is 27.9 Å². The molecule has 3 heterocycles. The number of imidazole rings is 1. The lowest BCUT2D eigenvalue weighted by Crippen LogP contribution is -2.13. The fraction of sp³-hybridized carbons (Fsp3) is 0.235. The number of nitrogens with one attached hydrogen (secondary N) is 1.